The predicted molar refractivity (Wildman–Crippen MR) is 73.3 cm³/mol. The average Bonchev–Trinajstić information content (AvgIpc) is 2.45. The van der Waals surface area contributed by atoms with E-state index in [0.717, 1.165) is 0 Å². The number of fused-ring (bicyclic) bond motifs is 1. The Labute approximate surface area is 108 Å². The molecular formula is C10H8N4O4S. The molecule has 0 bridgehead atoms. The second-order valence-electron chi connectivity index (χ2n) is 3.62. The van der Waals surface area contributed by atoms with E-state index in [1.54, 1.807) is 0 Å². The van der Waals surface area contributed by atoms with Gasteiger partial charge in [-0.25, -0.2) is 0 Å². The Morgan fingerprint density at radius 2 is 1.63 bits per heavy atom. The molecular weight excluding hydrogens is 272 g/mol. The van der Waals surface area contributed by atoms with Gasteiger partial charge in [-0.05, 0) is 23.6 Å². The monoisotopic (exact) mass is 280 g/mol. The second kappa shape index (κ2) is 4.61. The summed E-state index contributed by atoms with van der Waals surface area (Å²) in [5.74, 6) is -0.0885. The summed E-state index contributed by atoms with van der Waals surface area (Å²) in [6.45, 7) is 0. The first-order valence-electron chi connectivity index (χ1n) is 4.96. The molecule has 0 atom stereocenters. The van der Waals surface area contributed by atoms with Crippen molar-refractivity contribution in [3.8, 4) is 5.75 Å². The Morgan fingerprint density at radius 1 is 1.00 bits per heavy atom. The van der Waals surface area contributed by atoms with Gasteiger partial charge in [-0.2, -0.15) is 0 Å². The van der Waals surface area contributed by atoms with E-state index in [1.807, 2.05) is 0 Å². The maximum Gasteiger partial charge on any atom is 0.197 e. The van der Waals surface area contributed by atoms with Gasteiger partial charge in [0, 0.05) is 19.1 Å². The first-order valence-corrected chi connectivity index (χ1v) is 6.46. The Kier molecular flexibility index (Phi) is 3.13. The van der Waals surface area contributed by atoms with E-state index in [9.17, 15) is 19.8 Å². The van der Waals surface area contributed by atoms with Crippen LogP contribution in [0.4, 0.5) is 5.69 Å². The Bertz CT molecular complexity index is 669. The smallest absolute Gasteiger partial charge is 0.197 e. The zero-order valence-corrected chi connectivity index (χ0v) is 10.2. The van der Waals surface area contributed by atoms with E-state index < -0.39 is 10.6 Å². The average molecular weight is 280 g/mol. The largest absolute Gasteiger partial charge is 0.506 e. The van der Waals surface area contributed by atoms with Gasteiger partial charge in [0.1, 0.15) is 5.75 Å². The first-order chi connectivity index (χ1) is 9.07. The lowest BCUT2D eigenvalue weighted by molar-refractivity contribution is 0.478. The molecule has 0 unspecified atom stereocenters. The third-order valence-corrected chi connectivity index (χ3v) is 4.15. The number of rotatable bonds is 4. The zero-order valence-electron chi connectivity index (χ0n) is 9.39. The van der Waals surface area contributed by atoms with Crippen molar-refractivity contribution in [3.63, 3.8) is 0 Å². The van der Waals surface area contributed by atoms with Crippen molar-refractivity contribution in [2.24, 2.45) is 13.7 Å². The molecule has 0 aliphatic heterocycles. The number of anilines is 1. The van der Waals surface area contributed by atoms with Gasteiger partial charge in [0.15, 0.2) is 10.6 Å². The summed E-state index contributed by atoms with van der Waals surface area (Å²) in [4.78, 5) is 32.1. The quantitative estimate of drug-likeness (QED) is 0.503. The number of nitroso groups, excluding NO2 is 3. The fourth-order valence-corrected chi connectivity index (χ4v) is 2.54. The van der Waals surface area contributed by atoms with Crippen molar-refractivity contribution < 1.29 is 5.11 Å². The Balaban J connectivity index is 2.72. The number of nitrogens with zero attached hydrogens (tertiary/aromatic N) is 3. The third-order valence-electron chi connectivity index (χ3n) is 2.64. The molecule has 0 spiro atoms. The van der Waals surface area contributed by atoms with E-state index in [-0.39, 0.29) is 16.3 Å². The van der Waals surface area contributed by atoms with E-state index in [2.05, 4.69) is 13.7 Å². The normalized spacial score (nSPS) is 12.0. The van der Waals surface area contributed by atoms with Crippen molar-refractivity contribution >= 4 is 27.0 Å². The molecule has 0 saturated heterocycles. The summed E-state index contributed by atoms with van der Waals surface area (Å²) in [6.07, 6.45) is 0. The molecule has 0 heterocycles. The number of hydrogen-bond donors (Lipinski definition) is 2. The topological polar surface area (TPSA) is 135 Å². The van der Waals surface area contributed by atoms with Gasteiger partial charge < -0.3 is 10.8 Å². The molecule has 8 nitrogen and oxygen atoms in total. The van der Waals surface area contributed by atoms with Crippen LogP contribution in [0.1, 0.15) is 0 Å². The fourth-order valence-electron chi connectivity index (χ4n) is 1.66. The maximum absolute atomic E-state index is 10.7. The molecule has 0 aliphatic rings. The minimum atomic E-state index is -3.50. The first kappa shape index (κ1) is 12.9. The molecule has 19 heavy (non-hydrogen) atoms. The number of hydrogen-bond acceptors (Lipinski definition) is 8. The molecule has 0 radical (unpaired) electrons. The van der Waals surface area contributed by atoms with Crippen LogP contribution < -0.4 is 5.73 Å². The van der Waals surface area contributed by atoms with Crippen LogP contribution in [0.2, 0.25) is 0 Å². The highest BCUT2D eigenvalue weighted by Crippen LogP contribution is 2.59. The van der Waals surface area contributed by atoms with Crippen molar-refractivity contribution in [2.45, 2.75) is 4.90 Å². The van der Waals surface area contributed by atoms with Crippen LogP contribution in [0, 0.1) is 14.7 Å². The number of benzene rings is 2. The van der Waals surface area contributed by atoms with Crippen molar-refractivity contribution in [1.29, 1.82) is 0 Å². The van der Waals surface area contributed by atoms with Gasteiger partial charge in [-0.3, -0.25) is 0 Å². The number of nitrogens with two attached hydrogens (primary N) is 1. The zero-order chi connectivity index (χ0) is 14.0. The Hall–Kier alpha value is -2.55. The van der Waals surface area contributed by atoms with Crippen molar-refractivity contribution in [3.05, 3.63) is 45.1 Å². The highest BCUT2D eigenvalue weighted by Gasteiger charge is 2.31. The van der Waals surface area contributed by atoms with Crippen LogP contribution in [0.25, 0.3) is 10.8 Å². The lowest BCUT2D eigenvalue weighted by Crippen LogP contribution is -1.91. The van der Waals surface area contributed by atoms with Gasteiger partial charge >= 0.3 is 0 Å². The van der Waals surface area contributed by atoms with Gasteiger partial charge in [-0.15, -0.1) is 14.7 Å². The molecule has 0 amide bonds. The minimum Gasteiger partial charge on any atom is -0.506 e. The lowest BCUT2D eigenvalue weighted by Gasteiger charge is -2.14. The van der Waals surface area contributed by atoms with Gasteiger partial charge in [0.25, 0.3) is 0 Å². The van der Waals surface area contributed by atoms with Crippen LogP contribution >= 0.6 is 10.6 Å². The molecule has 2 rings (SSSR count). The third kappa shape index (κ3) is 1.89. The van der Waals surface area contributed by atoms with Crippen LogP contribution in [-0.4, -0.2) is 5.11 Å². The molecule has 3 N–H and O–H groups in total. The van der Waals surface area contributed by atoms with E-state index in [4.69, 9.17) is 5.73 Å². The van der Waals surface area contributed by atoms with E-state index in [0.29, 0.717) is 10.8 Å². The van der Waals surface area contributed by atoms with Crippen LogP contribution in [0.5, 0.6) is 5.75 Å². The molecule has 98 valence electrons. The number of phenols is 1. The summed E-state index contributed by atoms with van der Waals surface area (Å²) in [5.41, 5.74) is 5.83. The summed E-state index contributed by atoms with van der Waals surface area (Å²) >= 11 is 0. The molecule has 0 fully saturated rings. The molecule has 2 aromatic carbocycles. The van der Waals surface area contributed by atoms with Gasteiger partial charge in [0.05, 0.1) is 10.6 Å². The highest BCUT2D eigenvalue weighted by molar-refractivity contribution is 8.30. The highest BCUT2D eigenvalue weighted by atomic mass is 32.3. The Morgan fingerprint density at radius 3 is 2.21 bits per heavy atom. The standard InChI is InChI=1S/C10H8N4O4S/c11-10-8-3-2-7(19(12-16,13-17)14-18)5-6(8)1-4-9(10)15/h1-5,15H,11H2. The minimum absolute atomic E-state index is 0.0186. The van der Waals surface area contributed by atoms with Gasteiger partial charge in [0.2, 0.25) is 0 Å². The SMILES string of the molecule is Nc1c(O)ccc2cc(S(N=O)(N=O)N=O)ccc12. The summed E-state index contributed by atoms with van der Waals surface area (Å²) < 4.78 is 7.40. The van der Waals surface area contributed by atoms with Crippen LogP contribution in [0.3, 0.4) is 0 Å². The van der Waals surface area contributed by atoms with E-state index in [1.165, 1.54) is 30.3 Å². The van der Waals surface area contributed by atoms with Crippen LogP contribution in [-0.2, 0) is 0 Å². The number of aromatic hydroxyl groups is 1. The van der Waals surface area contributed by atoms with Gasteiger partial charge in [-0.1, -0.05) is 12.1 Å². The molecule has 2 aromatic rings. The van der Waals surface area contributed by atoms with E-state index >= 15 is 0 Å². The predicted octanol–water partition coefficient (Wildman–Crippen LogP) is 3.34. The van der Waals surface area contributed by atoms with Crippen LogP contribution in [0.15, 0.2) is 49.0 Å². The maximum atomic E-state index is 10.7. The lowest BCUT2D eigenvalue weighted by atomic mass is 10.1. The number of phenolic OH excluding ortho intramolecular Hbond substituents is 1. The molecule has 9 heteroatoms. The number of nitrogen functional groups attached to an aromatic ring is 1. The molecule has 0 saturated carbocycles. The summed E-state index contributed by atoms with van der Waals surface area (Å²) in [5, 5.41) is 10.5. The fraction of sp³-hybridized carbons (Fsp3) is 0. The molecule has 0 aliphatic carbocycles. The molecule has 0 aromatic heterocycles. The van der Waals surface area contributed by atoms with Crippen molar-refractivity contribution in [1.82, 2.24) is 0 Å². The second-order valence-corrected chi connectivity index (χ2v) is 5.58. The summed E-state index contributed by atoms with van der Waals surface area (Å²) in [6, 6.07) is 7.04. The summed E-state index contributed by atoms with van der Waals surface area (Å²) in [7, 11) is -3.50. The van der Waals surface area contributed by atoms with Crippen molar-refractivity contribution in [2.75, 3.05) is 5.73 Å².